The predicted molar refractivity (Wildman–Crippen MR) is 80.7 cm³/mol. The van der Waals surface area contributed by atoms with E-state index < -0.39 is 0 Å². The minimum Gasteiger partial charge on any atom is -0.327 e. The molecule has 3 unspecified atom stereocenters. The lowest BCUT2D eigenvalue weighted by atomic mass is 9.67. The van der Waals surface area contributed by atoms with Crippen LogP contribution in [0.3, 0.4) is 0 Å². The Kier molecular flexibility index (Phi) is 6.13. The lowest BCUT2D eigenvalue weighted by Gasteiger charge is -2.42. The summed E-state index contributed by atoms with van der Waals surface area (Å²) < 4.78 is 0. The second-order valence-electron chi connectivity index (χ2n) is 7.19. The van der Waals surface area contributed by atoms with Gasteiger partial charge in [0.05, 0.1) is 0 Å². The van der Waals surface area contributed by atoms with Crippen LogP contribution in [0.4, 0.5) is 0 Å². The molecule has 2 heteroatoms. The number of nitrogens with two attached hydrogens (primary N) is 1. The highest BCUT2D eigenvalue weighted by molar-refractivity contribution is 4.88. The molecule has 0 aromatic heterocycles. The van der Waals surface area contributed by atoms with E-state index in [-0.39, 0.29) is 0 Å². The van der Waals surface area contributed by atoms with Crippen molar-refractivity contribution in [3.8, 4) is 0 Å². The summed E-state index contributed by atoms with van der Waals surface area (Å²) in [7, 11) is 0. The monoisotopic (exact) mass is 254 g/mol. The van der Waals surface area contributed by atoms with Gasteiger partial charge in [-0.2, -0.15) is 0 Å². The Morgan fingerprint density at radius 2 is 1.83 bits per heavy atom. The molecule has 0 aromatic carbocycles. The quantitative estimate of drug-likeness (QED) is 0.813. The van der Waals surface area contributed by atoms with Gasteiger partial charge in [-0.15, -0.1) is 0 Å². The molecule has 0 heterocycles. The SMILES string of the molecule is CCCN(CC)CC1CC(C(C)(C)C)CCC1N. The molecular formula is C16H34N2. The molecule has 3 atom stereocenters. The first-order valence-corrected chi connectivity index (χ1v) is 7.86. The average molecular weight is 254 g/mol. The van der Waals surface area contributed by atoms with Crippen molar-refractivity contribution in [1.29, 1.82) is 0 Å². The fraction of sp³-hybridized carbons (Fsp3) is 1.00. The molecule has 1 rings (SSSR count). The standard InChI is InChI=1S/C16H34N2/c1-6-10-18(7-2)12-13-11-14(16(3,4)5)8-9-15(13)17/h13-15H,6-12,17H2,1-5H3. The Bertz CT molecular complexity index is 232. The summed E-state index contributed by atoms with van der Waals surface area (Å²) in [4.78, 5) is 2.58. The molecule has 1 aliphatic carbocycles. The zero-order chi connectivity index (χ0) is 13.8. The van der Waals surface area contributed by atoms with Gasteiger partial charge >= 0.3 is 0 Å². The largest absolute Gasteiger partial charge is 0.327 e. The summed E-state index contributed by atoms with van der Waals surface area (Å²) in [5.74, 6) is 1.55. The Labute approximate surface area is 114 Å². The van der Waals surface area contributed by atoms with E-state index in [2.05, 4.69) is 39.5 Å². The maximum absolute atomic E-state index is 6.36. The molecule has 18 heavy (non-hydrogen) atoms. The second-order valence-corrected chi connectivity index (χ2v) is 7.19. The molecule has 1 aliphatic rings. The number of nitrogens with zero attached hydrogens (tertiary/aromatic N) is 1. The van der Waals surface area contributed by atoms with Crippen LogP contribution in [0.5, 0.6) is 0 Å². The van der Waals surface area contributed by atoms with Gasteiger partial charge in [0.1, 0.15) is 0 Å². The molecule has 0 bridgehead atoms. The molecule has 0 amide bonds. The third-order valence-corrected chi connectivity index (χ3v) is 4.75. The second kappa shape index (κ2) is 6.91. The summed E-state index contributed by atoms with van der Waals surface area (Å²) in [6.45, 7) is 15.3. The lowest BCUT2D eigenvalue weighted by Crippen LogP contribution is -2.45. The third-order valence-electron chi connectivity index (χ3n) is 4.75. The molecule has 0 aromatic rings. The summed E-state index contributed by atoms with van der Waals surface area (Å²) in [6, 6.07) is 0.425. The van der Waals surface area contributed by atoms with E-state index in [4.69, 9.17) is 5.73 Å². The smallest absolute Gasteiger partial charge is 0.00795 e. The molecule has 108 valence electrons. The van der Waals surface area contributed by atoms with E-state index in [1.54, 1.807) is 0 Å². The average Bonchev–Trinajstić information content (AvgIpc) is 2.29. The summed E-state index contributed by atoms with van der Waals surface area (Å²) in [5.41, 5.74) is 6.80. The third kappa shape index (κ3) is 4.55. The van der Waals surface area contributed by atoms with Crippen LogP contribution in [0.15, 0.2) is 0 Å². The summed E-state index contributed by atoms with van der Waals surface area (Å²) >= 11 is 0. The van der Waals surface area contributed by atoms with Gasteiger partial charge in [0.15, 0.2) is 0 Å². The van der Waals surface area contributed by atoms with E-state index in [0.717, 1.165) is 12.5 Å². The van der Waals surface area contributed by atoms with Crippen molar-refractivity contribution in [2.45, 2.75) is 66.3 Å². The fourth-order valence-corrected chi connectivity index (χ4v) is 3.31. The predicted octanol–water partition coefficient (Wildman–Crippen LogP) is 3.51. The fourth-order valence-electron chi connectivity index (χ4n) is 3.31. The Morgan fingerprint density at radius 1 is 1.17 bits per heavy atom. The van der Waals surface area contributed by atoms with Gasteiger partial charge in [0, 0.05) is 12.6 Å². The number of rotatable bonds is 5. The zero-order valence-electron chi connectivity index (χ0n) is 13.2. The summed E-state index contributed by atoms with van der Waals surface area (Å²) in [6.07, 6.45) is 5.11. The molecule has 2 N–H and O–H groups in total. The van der Waals surface area contributed by atoms with Gasteiger partial charge in [0.2, 0.25) is 0 Å². The van der Waals surface area contributed by atoms with Crippen molar-refractivity contribution in [2.75, 3.05) is 19.6 Å². The van der Waals surface area contributed by atoms with E-state index in [0.29, 0.717) is 17.4 Å². The van der Waals surface area contributed by atoms with Crippen LogP contribution < -0.4 is 5.73 Å². The molecular weight excluding hydrogens is 220 g/mol. The summed E-state index contributed by atoms with van der Waals surface area (Å²) in [5, 5.41) is 0. The molecule has 1 saturated carbocycles. The first-order chi connectivity index (χ1) is 8.38. The Balaban J connectivity index is 2.56. The molecule has 0 aliphatic heterocycles. The lowest BCUT2D eigenvalue weighted by molar-refractivity contribution is 0.100. The molecule has 1 fully saturated rings. The minimum absolute atomic E-state index is 0.425. The zero-order valence-corrected chi connectivity index (χ0v) is 13.2. The number of hydrogen-bond acceptors (Lipinski definition) is 2. The normalized spacial score (nSPS) is 29.8. The Morgan fingerprint density at radius 3 is 2.33 bits per heavy atom. The van der Waals surface area contributed by atoms with E-state index in [1.807, 2.05) is 0 Å². The van der Waals surface area contributed by atoms with Gasteiger partial charge in [-0.1, -0.05) is 34.6 Å². The van der Waals surface area contributed by atoms with Crippen LogP contribution in [-0.4, -0.2) is 30.6 Å². The van der Waals surface area contributed by atoms with E-state index in [1.165, 1.54) is 38.8 Å². The Hall–Kier alpha value is -0.0800. The topological polar surface area (TPSA) is 29.3 Å². The van der Waals surface area contributed by atoms with Crippen LogP contribution >= 0.6 is 0 Å². The minimum atomic E-state index is 0.425. The van der Waals surface area contributed by atoms with Crippen molar-refractivity contribution in [2.24, 2.45) is 23.0 Å². The van der Waals surface area contributed by atoms with Crippen LogP contribution in [0, 0.1) is 17.3 Å². The highest BCUT2D eigenvalue weighted by Crippen LogP contribution is 2.40. The first kappa shape index (κ1) is 16.0. The first-order valence-electron chi connectivity index (χ1n) is 7.86. The van der Waals surface area contributed by atoms with Crippen LogP contribution in [0.2, 0.25) is 0 Å². The van der Waals surface area contributed by atoms with Gasteiger partial charge in [-0.05, 0) is 56.0 Å². The van der Waals surface area contributed by atoms with Crippen molar-refractivity contribution >= 4 is 0 Å². The highest BCUT2D eigenvalue weighted by Gasteiger charge is 2.34. The van der Waals surface area contributed by atoms with Crippen molar-refractivity contribution in [1.82, 2.24) is 4.90 Å². The van der Waals surface area contributed by atoms with Gasteiger partial charge in [0.25, 0.3) is 0 Å². The van der Waals surface area contributed by atoms with Crippen molar-refractivity contribution in [3.63, 3.8) is 0 Å². The number of hydrogen-bond donors (Lipinski definition) is 1. The van der Waals surface area contributed by atoms with Gasteiger partial charge in [-0.25, -0.2) is 0 Å². The van der Waals surface area contributed by atoms with Crippen LogP contribution in [-0.2, 0) is 0 Å². The molecule has 0 saturated heterocycles. The van der Waals surface area contributed by atoms with E-state index >= 15 is 0 Å². The maximum Gasteiger partial charge on any atom is 0.00795 e. The van der Waals surface area contributed by atoms with Crippen molar-refractivity contribution < 1.29 is 0 Å². The van der Waals surface area contributed by atoms with Crippen LogP contribution in [0.25, 0.3) is 0 Å². The van der Waals surface area contributed by atoms with Gasteiger partial charge < -0.3 is 10.6 Å². The van der Waals surface area contributed by atoms with Crippen molar-refractivity contribution in [3.05, 3.63) is 0 Å². The van der Waals surface area contributed by atoms with E-state index in [9.17, 15) is 0 Å². The highest BCUT2D eigenvalue weighted by atomic mass is 15.1. The molecule has 0 radical (unpaired) electrons. The molecule has 0 spiro atoms. The molecule has 2 nitrogen and oxygen atoms in total. The van der Waals surface area contributed by atoms with Crippen LogP contribution in [0.1, 0.15) is 60.3 Å². The maximum atomic E-state index is 6.36. The van der Waals surface area contributed by atoms with Gasteiger partial charge in [-0.3, -0.25) is 0 Å².